The van der Waals surface area contributed by atoms with Crippen molar-refractivity contribution in [2.45, 2.75) is 58.9 Å². The monoisotopic (exact) mass is 587 g/mol. The summed E-state index contributed by atoms with van der Waals surface area (Å²) in [7, 11) is 0. The van der Waals surface area contributed by atoms with Crippen molar-refractivity contribution in [1.29, 1.82) is 0 Å². The first kappa shape index (κ1) is 29.8. The molecule has 2 heterocycles. The first-order chi connectivity index (χ1) is 20.4. The Bertz CT molecular complexity index is 1700. The van der Waals surface area contributed by atoms with Gasteiger partial charge in [-0.05, 0) is 86.5 Å². The lowest BCUT2D eigenvalue weighted by molar-refractivity contribution is 0.0524. The predicted molar refractivity (Wildman–Crippen MR) is 168 cm³/mol. The standard InChI is InChI=1S/C34H38ClN3O4/c1-4-23-22-29-31(26(5-2)30(23)33(40)42-6-3)32(39)38(28-15-11-10-14-27(28)35)34(41)37(29)21-20-36-18-16-25(17-19-36)24-12-8-7-9-13-24/h7-15,22,25H,4-6,16-21H2,1-3H3. The molecule has 0 unspecified atom stereocenters. The van der Waals surface area contributed by atoms with Crippen LogP contribution in [0.15, 0.2) is 70.3 Å². The predicted octanol–water partition coefficient (Wildman–Crippen LogP) is 5.99. The Hall–Kier alpha value is -3.68. The van der Waals surface area contributed by atoms with Gasteiger partial charge in [0, 0.05) is 13.1 Å². The Balaban J connectivity index is 1.61. The number of hydrogen-bond donors (Lipinski definition) is 0. The van der Waals surface area contributed by atoms with E-state index in [1.54, 1.807) is 35.8 Å². The number of benzene rings is 3. The van der Waals surface area contributed by atoms with E-state index in [4.69, 9.17) is 16.3 Å². The van der Waals surface area contributed by atoms with Gasteiger partial charge in [0.25, 0.3) is 5.56 Å². The third kappa shape index (κ3) is 5.68. The number of likely N-dealkylation sites (tertiary alicyclic amines) is 1. The molecular formula is C34H38ClN3O4. The lowest BCUT2D eigenvalue weighted by Gasteiger charge is -2.32. The highest BCUT2D eigenvalue weighted by Crippen LogP contribution is 2.29. The fourth-order valence-electron chi connectivity index (χ4n) is 6.26. The number of hydrogen-bond acceptors (Lipinski definition) is 5. The number of aromatic nitrogens is 2. The van der Waals surface area contributed by atoms with Crippen LogP contribution in [0, 0.1) is 0 Å². The third-order valence-electron chi connectivity index (χ3n) is 8.43. The molecule has 3 aromatic carbocycles. The van der Waals surface area contributed by atoms with E-state index in [-0.39, 0.29) is 6.61 Å². The molecule has 1 aliphatic heterocycles. The van der Waals surface area contributed by atoms with Crippen molar-refractivity contribution >= 4 is 28.5 Å². The summed E-state index contributed by atoms with van der Waals surface area (Å²) in [5, 5.41) is 0.666. The second-order valence-electron chi connectivity index (χ2n) is 10.8. The van der Waals surface area contributed by atoms with Crippen molar-refractivity contribution in [3.8, 4) is 5.69 Å². The Morgan fingerprint density at radius 2 is 1.62 bits per heavy atom. The van der Waals surface area contributed by atoms with E-state index < -0.39 is 17.2 Å². The van der Waals surface area contributed by atoms with Crippen molar-refractivity contribution in [3.63, 3.8) is 0 Å². The Morgan fingerprint density at radius 3 is 2.26 bits per heavy atom. The highest BCUT2D eigenvalue weighted by Gasteiger charge is 2.26. The van der Waals surface area contributed by atoms with Crippen LogP contribution in [0.4, 0.5) is 0 Å². The van der Waals surface area contributed by atoms with Crippen molar-refractivity contribution in [1.82, 2.24) is 14.0 Å². The first-order valence-corrected chi connectivity index (χ1v) is 15.3. The quantitative estimate of drug-likeness (QED) is 0.225. The zero-order valence-corrected chi connectivity index (χ0v) is 25.3. The molecule has 8 heteroatoms. The first-order valence-electron chi connectivity index (χ1n) is 14.9. The fraction of sp³-hybridized carbons (Fsp3) is 0.382. The number of nitrogens with zero attached hydrogens (tertiary/aromatic N) is 3. The fourth-order valence-corrected chi connectivity index (χ4v) is 6.49. The van der Waals surface area contributed by atoms with Crippen LogP contribution in [0.5, 0.6) is 0 Å². The van der Waals surface area contributed by atoms with E-state index in [2.05, 4.69) is 29.2 Å². The molecule has 42 heavy (non-hydrogen) atoms. The van der Waals surface area contributed by atoms with Gasteiger partial charge in [-0.2, -0.15) is 0 Å². The van der Waals surface area contributed by atoms with Gasteiger partial charge in [-0.15, -0.1) is 0 Å². The number of esters is 1. The zero-order chi connectivity index (χ0) is 29.8. The van der Waals surface area contributed by atoms with Crippen LogP contribution in [-0.4, -0.2) is 46.2 Å². The molecule has 1 aromatic heterocycles. The molecule has 4 aromatic rings. The maximum absolute atomic E-state index is 14.2. The molecule has 0 radical (unpaired) electrons. The van der Waals surface area contributed by atoms with Gasteiger partial charge < -0.3 is 9.64 Å². The second-order valence-corrected chi connectivity index (χ2v) is 11.2. The largest absolute Gasteiger partial charge is 0.462 e. The number of aryl methyl sites for hydroxylation is 2. The number of fused-ring (bicyclic) bond motifs is 1. The number of para-hydroxylation sites is 1. The maximum atomic E-state index is 14.2. The average Bonchev–Trinajstić information content (AvgIpc) is 3.01. The molecule has 220 valence electrons. The van der Waals surface area contributed by atoms with Gasteiger partial charge in [-0.25, -0.2) is 14.2 Å². The van der Waals surface area contributed by atoms with E-state index in [1.807, 2.05) is 26.0 Å². The summed E-state index contributed by atoms with van der Waals surface area (Å²) in [6.07, 6.45) is 3.11. The lowest BCUT2D eigenvalue weighted by Crippen LogP contribution is -2.42. The number of ether oxygens (including phenoxy) is 1. The van der Waals surface area contributed by atoms with Crippen LogP contribution in [-0.2, 0) is 24.1 Å². The van der Waals surface area contributed by atoms with E-state index >= 15 is 0 Å². The second kappa shape index (κ2) is 13.1. The number of carbonyl (C=O) groups is 1. The molecular weight excluding hydrogens is 550 g/mol. The van der Waals surface area contributed by atoms with Gasteiger partial charge in [0.15, 0.2) is 0 Å². The molecule has 0 N–H and O–H groups in total. The minimum absolute atomic E-state index is 0.230. The topological polar surface area (TPSA) is 73.5 Å². The van der Waals surface area contributed by atoms with Gasteiger partial charge in [-0.1, -0.05) is 67.9 Å². The van der Waals surface area contributed by atoms with E-state index in [9.17, 15) is 14.4 Å². The summed E-state index contributed by atoms with van der Waals surface area (Å²) < 4.78 is 8.26. The normalized spacial score (nSPS) is 14.4. The highest BCUT2D eigenvalue weighted by atomic mass is 35.5. The minimum Gasteiger partial charge on any atom is -0.462 e. The van der Waals surface area contributed by atoms with Crippen LogP contribution in [0.3, 0.4) is 0 Å². The van der Waals surface area contributed by atoms with Crippen LogP contribution >= 0.6 is 11.6 Å². The van der Waals surface area contributed by atoms with Crippen molar-refractivity contribution in [2.24, 2.45) is 0 Å². The summed E-state index contributed by atoms with van der Waals surface area (Å²) in [5.41, 5.74) is 3.13. The van der Waals surface area contributed by atoms with Crippen LogP contribution < -0.4 is 11.2 Å². The number of halogens is 1. The molecule has 0 atom stereocenters. The summed E-state index contributed by atoms with van der Waals surface area (Å²) in [5.74, 6) is 0.0875. The zero-order valence-electron chi connectivity index (χ0n) is 24.6. The Labute approximate surface area is 251 Å². The van der Waals surface area contributed by atoms with Gasteiger partial charge >= 0.3 is 11.7 Å². The number of piperidine rings is 1. The number of carbonyl (C=O) groups excluding carboxylic acids is 1. The lowest BCUT2D eigenvalue weighted by atomic mass is 9.89. The molecule has 0 amide bonds. The molecule has 1 aliphatic rings. The molecule has 0 aliphatic carbocycles. The number of rotatable bonds is 9. The smallest absolute Gasteiger partial charge is 0.338 e. The summed E-state index contributed by atoms with van der Waals surface area (Å²) in [6.45, 7) is 8.82. The van der Waals surface area contributed by atoms with Crippen molar-refractivity contribution in [3.05, 3.63) is 109 Å². The summed E-state index contributed by atoms with van der Waals surface area (Å²) in [6, 6.07) is 19.3. The van der Waals surface area contributed by atoms with Gasteiger partial charge in [0.2, 0.25) is 0 Å². The molecule has 0 saturated carbocycles. The van der Waals surface area contributed by atoms with Crippen molar-refractivity contribution in [2.75, 3.05) is 26.2 Å². The van der Waals surface area contributed by atoms with Crippen LogP contribution in [0.1, 0.15) is 66.6 Å². The average molecular weight is 588 g/mol. The molecule has 5 rings (SSSR count). The molecule has 0 bridgehead atoms. The van der Waals surface area contributed by atoms with E-state index in [0.29, 0.717) is 64.6 Å². The molecule has 1 saturated heterocycles. The maximum Gasteiger partial charge on any atom is 0.338 e. The molecule has 1 fully saturated rings. The van der Waals surface area contributed by atoms with Gasteiger partial charge in [0.05, 0.1) is 33.8 Å². The highest BCUT2D eigenvalue weighted by molar-refractivity contribution is 6.32. The molecule has 0 spiro atoms. The molecule has 7 nitrogen and oxygen atoms in total. The Kier molecular flexibility index (Phi) is 9.29. The summed E-state index contributed by atoms with van der Waals surface area (Å²) in [4.78, 5) is 43.9. The summed E-state index contributed by atoms with van der Waals surface area (Å²) >= 11 is 6.52. The van der Waals surface area contributed by atoms with E-state index in [1.165, 1.54) is 5.56 Å². The van der Waals surface area contributed by atoms with Crippen LogP contribution in [0.25, 0.3) is 16.6 Å². The van der Waals surface area contributed by atoms with Gasteiger partial charge in [-0.3, -0.25) is 9.36 Å². The van der Waals surface area contributed by atoms with Gasteiger partial charge in [0.1, 0.15) is 0 Å². The van der Waals surface area contributed by atoms with E-state index in [0.717, 1.165) is 36.1 Å². The van der Waals surface area contributed by atoms with Crippen molar-refractivity contribution < 1.29 is 9.53 Å². The third-order valence-corrected chi connectivity index (χ3v) is 8.75. The SMILES string of the molecule is CCOC(=O)c1c(CC)cc2c(c1CC)c(=O)n(-c1ccccc1Cl)c(=O)n2CCN1CCC(c2ccccc2)CC1. The Morgan fingerprint density at radius 1 is 0.929 bits per heavy atom. The minimum atomic E-state index is -0.479. The van der Waals surface area contributed by atoms with Crippen LogP contribution in [0.2, 0.25) is 5.02 Å².